The zero-order valence-electron chi connectivity index (χ0n) is 17.9. The molecule has 2 amide bonds. The first kappa shape index (κ1) is 21.1. The lowest BCUT2D eigenvalue weighted by Gasteiger charge is -2.17. The van der Waals surface area contributed by atoms with Crippen LogP contribution in [-0.2, 0) is 24.2 Å². The van der Waals surface area contributed by atoms with Crippen LogP contribution in [0.5, 0.6) is 11.5 Å². The number of fused-ring (bicyclic) bond motifs is 1. The molecule has 0 spiro atoms. The van der Waals surface area contributed by atoms with Crippen LogP contribution in [-0.4, -0.2) is 27.3 Å². The number of ether oxygens (including phenoxy) is 1. The number of halogens is 1. The molecule has 2 N–H and O–H groups in total. The van der Waals surface area contributed by atoms with E-state index in [0.717, 1.165) is 19.3 Å². The zero-order valence-corrected chi connectivity index (χ0v) is 17.9. The highest BCUT2D eigenvalue weighted by atomic mass is 19.1. The van der Waals surface area contributed by atoms with E-state index in [2.05, 4.69) is 20.6 Å². The van der Waals surface area contributed by atoms with Crippen molar-refractivity contribution in [2.45, 2.75) is 44.2 Å². The molecule has 0 saturated heterocycles. The van der Waals surface area contributed by atoms with E-state index in [-0.39, 0.29) is 23.8 Å². The van der Waals surface area contributed by atoms with Crippen LogP contribution in [0, 0.1) is 5.82 Å². The predicted octanol–water partition coefficient (Wildman–Crippen LogP) is 3.48. The van der Waals surface area contributed by atoms with Crippen LogP contribution < -0.4 is 15.4 Å². The number of rotatable bonds is 7. The van der Waals surface area contributed by atoms with Gasteiger partial charge in [0, 0.05) is 18.9 Å². The Morgan fingerprint density at radius 1 is 1.03 bits per heavy atom. The lowest BCUT2D eigenvalue weighted by Crippen LogP contribution is -2.48. The Morgan fingerprint density at radius 3 is 2.58 bits per heavy atom. The van der Waals surface area contributed by atoms with E-state index >= 15 is 0 Å². The minimum Gasteiger partial charge on any atom is -0.454 e. The van der Waals surface area contributed by atoms with Gasteiger partial charge in [0.05, 0.1) is 5.56 Å². The molecule has 0 radical (unpaired) electrons. The standard InChI is InChI=1S/C25H23FN4O3/c26-21-10-16(4-7-22(21)33-20-6-5-17-2-1-3-18(17)11-20)12-29-24(32)25(8-9-25)30-23(31)19-13-27-15-28-14-19/h4-7,10-11,13-15H,1-3,8-9,12H2,(H,29,32)(H,30,31). The fourth-order valence-electron chi connectivity index (χ4n) is 4.07. The summed E-state index contributed by atoms with van der Waals surface area (Å²) in [4.78, 5) is 32.6. The number of aryl methyl sites for hydroxylation is 2. The summed E-state index contributed by atoms with van der Waals surface area (Å²) in [7, 11) is 0. The molecule has 33 heavy (non-hydrogen) atoms. The number of hydrogen-bond donors (Lipinski definition) is 2. The van der Waals surface area contributed by atoms with E-state index in [4.69, 9.17) is 4.74 Å². The van der Waals surface area contributed by atoms with Crippen molar-refractivity contribution in [2.75, 3.05) is 0 Å². The summed E-state index contributed by atoms with van der Waals surface area (Å²) in [6.07, 6.45) is 8.44. The maximum atomic E-state index is 14.6. The number of benzene rings is 2. The first-order valence-electron chi connectivity index (χ1n) is 11.0. The summed E-state index contributed by atoms with van der Waals surface area (Å²) < 4.78 is 20.4. The fraction of sp³-hybridized carbons (Fsp3) is 0.280. The van der Waals surface area contributed by atoms with Crippen LogP contribution in [0.4, 0.5) is 4.39 Å². The summed E-state index contributed by atoms with van der Waals surface area (Å²) in [6, 6.07) is 10.5. The normalized spacial score (nSPS) is 15.4. The third kappa shape index (κ3) is 4.55. The highest BCUT2D eigenvalue weighted by molar-refractivity contribution is 6.00. The molecular formula is C25H23FN4O3. The highest BCUT2D eigenvalue weighted by Gasteiger charge is 2.51. The summed E-state index contributed by atoms with van der Waals surface area (Å²) in [5, 5.41) is 5.55. The van der Waals surface area contributed by atoms with Crippen molar-refractivity contribution in [1.82, 2.24) is 20.6 Å². The van der Waals surface area contributed by atoms with E-state index in [9.17, 15) is 14.0 Å². The smallest absolute Gasteiger partial charge is 0.255 e. The molecule has 1 heterocycles. The van der Waals surface area contributed by atoms with Crippen LogP contribution in [0.2, 0.25) is 0 Å². The molecule has 1 aromatic heterocycles. The van der Waals surface area contributed by atoms with Crippen LogP contribution in [0.15, 0.2) is 55.1 Å². The molecule has 0 atom stereocenters. The molecule has 168 valence electrons. The van der Waals surface area contributed by atoms with Crippen LogP contribution in [0.1, 0.15) is 46.3 Å². The molecule has 2 aliphatic carbocycles. The quantitative estimate of drug-likeness (QED) is 0.580. The Labute approximate surface area is 190 Å². The molecule has 0 aliphatic heterocycles. The second-order valence-electron chi connectivity index (χ2n) is 8.50. The molecule has 5 rings (SSSR count). The second-order valence-corrected chi connectivity index (χ2v) is 8.50. The molecule has 8 heteroatoms. The van der Waals surface area contributed by atoms with Crippen molar-refractivity contribution in [3.8, 4) is 11.5 Å². The average molecular weight is 446 g/mol. The number of aromatic nitrogens is 2. The molecule has 2 aliphatic rings. The predicted molar refractivity (Wildman–Crippen MR) is 118 cm³/mol. The maximum Gasteiger partial charge on any atom is 0.255 e. The van der Waals surface area contributed by atoms with Gasteiger partial charge in [0.2, 0.25) is 5.91 Å². The Balaban J connectivity index is 1.18. The average Bonchev–Trinajstić information content (AvgIpc) is 3.46. The van der Waals surface area contributed by atoms with E-state index in [1.807, 2.05) is 18.2 Å². The molecule has 1 saturated carbocycles. The summed E-state index contributed by atoms with van der Waals surface area (Å²) >= 11 is 0. The third-order valence-corrected chi connectivity index (χ3v) is 6.11. The van der Waals surface area contributed by atoms with Crippen LogP contribution in [0.3, 0.4) is 0 Å². The maximum absolute atomic E-state index is 14.6. The lowest BCUT2D eigenvalue weighted by atomic mass is 10.1. The Kier molecular flexibility index (Phi) is 5.50. The van der Waals surface area contributed by atoms with E-state index < -0.39 is 17.3 Å². The van der Waals surface area contributed by atoms with Gasteiger partial charge in [-0.15, -0.1) is 0 Å². The summed E-state index contributed by atoms with van der Waals surface area (Å²) in [5.41, 5.74) is 2.53. The van der Waals surface area contributed by atoms with E-state index in [1.165, 1.54) is 35.9 Å². The van der Waals surface area contributed by atoms with Gasteiger partial charge in [-0.25, -0.2) is 14.4 Å². The molecule has 0 bridgehead atoms. The van der Waals surface area contributed by atoms with Crippen LogP contribution in [0.25, 0.3) is 0 Å². The van der Waals surface area contributed by atoms with Gasteiger partial charge in [0.1, 0.15) is 17.6 Å². The highest BCUT2D eigenvalue weighted by Crippen LogP contribution is 2.36. The molecule has 7 nitrogen and oxygen atoms in total. The number of carbonyl (C=O) groups is 2. The molecule has 0 unspecified atom stereocenters. The molecule has 1 fully saturated rings. The van der Waals surface area contributed by atoms with Gasteiger partial charge in [-0.1, -0.05) is 12.1 Å². The van der Waals surface area contributed by atoms with Gasteiger partial charge in [0.25, 0.3) is 5.91 Å². The second kappa shape index (κ2) is 8.61. The van der Waals surface area contributed by atoms with Gasteiger partial charge >= 0.3 is 0 Å². The largest absolute Gasteiger partial charge is 0.454 e. The van der Waals surface area contributed by atoms with Crippen molar-refractivity contribution in [2.24, 2.45) is 0 Å². The van der Waals surface area contributed by atoms with E-state index in [0.29, 0.717) is 24.2 Å². The van der Waals surface area contributed by atoms with Crippen molar-refractivity contribution < 1.29 is 18.7 Å². The number of carbonyl (C=O) groups excluding carboxylic acids is 2. The minimum atomic E-state index is -0.942. The molecular weight excluding hydrogens is 423 g/mol. The topological polar surface area (TPSA) is 93.2 Å². The van der Waals surface area contributed by atoms with Gasteiger partial charge < -0.3 is 15.4 Å². The monoisotopic (exact) mass is 446 g/mol. The van der Waals surface area contributed by atoms with Crippen molar-refractivity contribution in [1.29, 1.82) is 0 Å². The first-order valence-corrected chi connectivity index (χ1v) is 11.0. The Morgan fingerprint density at radius 2 is 1.82 bits per heavy atom. The van der Waals surface area contributed by atoms with Crippen molar-refractivity contribution >= 4 is 11.8 Å². The lowest BCUT2D eigenvalue weighted by molar-refractivity contribution is -0.124. The fourth-order valence-corrected chi connectivity index (χ4v) is 4.07. The first-order chi connectivity index (χ1) is 16.0. The van der Waals surface area contributed by atoms with Gasteiger partial charge in [-0.05, 0) is 73.1 Å². The van der Waals surface area contributed by atoms with Gasteiger partial charge in [-0.3, -0.25) is 9.59 Å². The SMILES string of the molecule is O=C(NC1(C(=O)NCc2ccc(Oc3ccc4c(c3)CCC4)c(F)c2)CC1)c1cncnc1. The minimum absolute atomic E-state index is 0.138. The molecule has 3 aromatic rings. The number of nitrogens with zero attached hydrogens (tertiary/aromatic N) is 2. The number of hydrogen-bond acceptors (Lipinski definition) is 5. The summed E-state index contributed by atoms with van der Waals surface area (Å²) in [6.45, 7) is 0.140. The summed E-state index contributed by atoms with van der Waals surface area (Å²) in [5.74, 6) is -0.445. The van der Waals surface area contributed by atoms with E-state index in [1.54, 1.807) is 12.1 Å². The zero-order chi connectivity index (χ0) is 22.8. The van der Waals surface area contributed by atoms with Gasteiger partial charge in [0.15, 0.2) is 11.6 Å². The number of amides is 2. The van der Waals surface area contributed by atoms with Gasteiger partial charge in [-0.2, -0.15) is 0 Å². The van der Waals surface area contributed by atoms with Crippen molar-refractivity contribution in [3.63, 3.8) is 0 Å². The van der Waals surface area contributed by atoms with Crippen molar-refractivity contribution in [3.05, 3.63) is 83.2 Å². The number of nitrogens with one attached hydrogen (secondary N) is 2. The van der Waals surface area contributed by atoms with Crippen LogP contribution >= 0.6 is 0 Å². The Hall–Kier alpha value is -3.81. The molecule has 2 aromatic carbocycles. The Bertz CT molecular complexity index is 1210. The third-order valence-electron chi connectivity index (χ3n) is 6.11.